The second kappa shape index (κ2) is 6.49. The van der Waals surface area contributed by atoms with Crippen molar-refractivity contribution in [3.8, 4) is 0 Å². The number of halogens is 1. The summed E-state index contributed by atoms with van der Waals surface area (Å²) in [6.45, 7) is 0. The molecular weight excluding hydrogens is 313 g/mol. The second-order valence-corrected chi connectivity index (χ2v) is 5.28. The Kier molecular flexibility index (Phi) is 4.24. The third-order valence-electron chi connectivity index (χ3n) is 3.56. The maximum atomic E-state index is 13.2. The number of benzene rings is 2. The number of nitrogens with one attached hydrogen (secondary N) is 1. The lowest BCUT2D eigenvalue weighted by atomic mass is 10.0. The van der Waals surface area contributed by atoms with Gasteiger partial charge in [0.2, 0.25) is 12.0 Å². The van der Waals surface area contributed by atoms with E-state index in [1.165, 1.54) is 24.3 Å². The highest BCUT2D eigenvalue weighted by atomic mass is 19.1. The van der Waals surface area contributed by atoms with Crippen LogP contribution < -0.4 is 11.1 Å². The van der Waals surface area contributed by atoms with E-state index in [1.54, 1.807) is 24.3 Å². The molecule has 1 aliphatic rings. The van der Waals surface area contributed by atoms with Crippen molar-refractivity contribution in [2.24, 2.45) is 10.9 Å². The minimum Gasteiger partial charge on any atom is -0.382 e. The van der Waals surface area contributed by atoms with Crippen LogP contribution >= 0.6 is 0 Å². The van der Waals surface area contributed by atoms with E-state index < -0.39 is 12.0 Å². The third-order valence-corrected chi connectivity index (χ3v) is 3.56. The van der Waals surface area contributed by atoms with Gasteiger partial charge < -0.3 is 15.9 Å². The van der Waals surface area contributed by atoms with Crippen molar-refractivity contribution in [3.05, 3.63) is 65.5 Å². The zero-order chi connectivity index (χ0) is 17.1. The first kappa shape index (κ1) is 15.7. The van der Waals surface area contributed by atoms with Gasteiger partial charge in [0.25, 0.3) is 5.91 Å². The number of hydrogen-bond donors (Lipinski definition) is 2. The Morgan fingerprint density at radius 2 is 1.96 bits per heavy atom. The Bertz CT molecular complexity index is 818. The molecule has 0 radical (unpaired) electrons. The average molecular weight is 327 g/mol. The predicted octanol–water partition coefficient (Wildman–Crippen LogP) is 2.06. The monoisotopic (exact) mass is 327 g/mol. The summed E-state index contributed by atoms with van der Waals surface area (Å²) in [4.78, 5) is 28.3. The molecule has 0 fully saturated rings. The summed E-state index contributed by atoms with van der Waals surface area (Å²) in [6.07, 6.45) is -0.548. The van der Waals surface area contributed by atoms with Gasteiger partial charge in [0.05, 0.1) is 5.71 Å². The van der Waals surface area contributed by atoms with E-state index >= 15 is 0 Å². The molecule has 2 amide bonds. The molecule has 3 N–H and O–H groups in total. The maximum absolute atomic E-state index is 13.2. The van der Waals surface area contributed by atoms with Crippen molar-refractivity contribution in [2.75, 3.05) is 5.32 Å². The number of hydrogen-bond acceptors (Lipinski definition) is 4. The second-order valence-electron chi connectivity index (χ2n) is 5.28. The number of amides is 2. The molecule has 1 heterocycles. The Balaban J connectivity index is 1.62. The standard InChI is InChI=1S/C17H14FN3O3/c18-12-3-1-2-11(8-12)14-9-15(24-21-14)17(23)20-13-6-4-10(5-7-13)16(19)22/h1-8,15H,9H2,(H2,19,22)(H,20,23)/t15-/m1/s1. The normalized spacial score (nSPS) is 16.2. The molecule has 0 saturated carbocycles. The van der Waals surface area contributed by atoms with Crippen molar-refractivity contribution in [3.63, 3.8) is 0 Å². The molecule has 0 spiro atoms. The molecule has 122 valence electrons. The van der Waals surface area contributed by atoms with Gasteiger partial charge in [-0.2, -0.15) is 0 Å². The van der Waals surface area contributed by atoms with Crippen LogP contribution in [0.4, 0.5) is 10.1 Å². The van der Waals surface area contributed by atoms with Crippen LogP contribution in [0.15, 0.2) is 53.7 Å². The summed E-state index contributed by atoms with van der Waals surface area (Å²) in [6, 6.07) is 12.1. The average Bonchev–Trinajstić information content (AvgIpc) is 3.05. The van der Waals surface area contributed by atoms with Crippen LogP contribution in [0, 0.1) is 5.82 Å². The molecule has 0 saturated heterocycles. The van der Waals surface area contributed by atoms with Crippen LogP contribution in [-0.4, -0.2) is 23.6 Å². The van der Waals surface area contributed by atoms with Gasteiger partial charge in [0, 0.05) is 23.2 Å². The molecule has 0 unspecified atom stereocenters. The molecule has 24 heavy (non-hydrogen) atoms. The minimum atomic E-state index is -0.793. The van der Waals surface area contributed by atoms with Gasteiger partial charge in [0.15, 0.2) is 0 Å². The number of nitrogens with two attached hydrogens (primary N) is 1. The molecule has 6 nitrogen and oxygen atoms in total. The van der Waals surface area contributed by atoms with Crippen LogP contribution in [-0.2, 0) is 9.63 Å². The summed E-state index contributed by atoms with van der Waals surface area (Å²) in [5.41, 5.74) is 7.11. The molecule has 1 atom stereocenters. The van der Waals surface area contributed by atoms with Crippen molar-refractivity contribution >= 4 is 23.2 Å². The lowest BCUT2D eigenvalue weighted by molar-refractivity contribution is -0.125. The Labute approximate surface area is 137 Å². The number of carbonyl (C=O) groups excluding carboxylic acids is 2. The number of anilines is 1. The van der Waals surface area contributed by atoms with E-state index in [4.69, 9.17) is 10.6 Å². The van der Waals surface area contributed by atoms with Gasteiger partial charge >= 0.3 is 0 Å². The van der Waals surface area contributed by atoms with Gasteiger partial charge in [-0.1, -0.05) is 17.3 Å². The van der Waals surface area contributed by atoms with Crippen molar-refractivity contribution < 1.29 is 18.8 Å². The topological polar surface area (TPSA) is 93.8 Å². The van der Waals surface area contributed by atoms with E-state index in [2.05, 4.69) is 10.5 Å². The Hall–Kier alpha value is -3.22. The van der Waals surface area contributed by atoms with Gasteiger partial charge in [-0.15, -0.1) is 0 Å². The number of primary amides is 1. The molecule has 1 aliphatic heterocycles. The van der Waals surface area contributed by atoms with Crippen LogP contribution in [0.25, 0.3) is 0 Å². The summed E-state index contributed by atoms with van der Waals surface area (Å²) >= 11 is 0. The Morgan fingerprint density at radius 3 is 2.62 bits per heavy atom. The molecule has 2 aromatic carbocycles. The molecule has 0 aliphatic carbocycles. The fourth-order valence-corrected chi connectivity index (χ4v) is 2.30. The van der Waals surface area contributed by atoms with Crippen molar-refractivity contribution in [1.82, 2.24) is 0 Å². The molecule has 3 rings (SSSR count). The van der Waals surface area contributed by atoms with E-state index in [1.807, 2.05) is 0 Å². The molecule has 7 heteroatoms. The van der Waals surface area contributed by atoms with E-state index in [0.29, 0.717) is 22.5 Å². The van der Waals surface area contributed by atoms with E-state index in [9.17, 15) is 14.0 Å². The highest BCUT2D eigenvalue weighted by Gasteiger charge is 2.29. The summed E-state index contributed by atoms with van der Waals surface area (Å²) in [5, 5.41) is 6.53. The largest absolute Gasteiger partial charge is 0.382 e. The SMILES string of the molecule is NC(=O)c1ccc(NC(=O)[C@H]2CC(c3cccc(F)c3)=NO2)cc1. The number of carbonyl (C=O) groups is 2. The molecule has 0 bridgehead atoms. The van der Waals surface area contributed by atoms with Gasteiger partial charge in [-0.3, -0.25) is 9.59 Å². The third kappa shape index (κ3) is 3.40. The predicted molar refractivity (Wildman–Crippen MR) is 86.0 cm³/mol. The van der Waals surface area contributed by atoms with Crippen molar-refractivity contribution in [2.45, 2.75) is 12.5 Å². The van der Waals surface area contributed by atoms with Crippen LogP contribution in [0.2, 0.25) is 0 Å². The quantitative estimate of drug-likeness (QED) is 0.900. The summed E-state index contributed by atoms with van der Waals surface area (Å²) in [7, 11) is 0. The number of nitrogens with zero attached hydrogens (tertiary/aromatic N) is 1. The van der Waals surface area contributed by atoms with Gasteiger partial charge in [-0.05, 0) is 36.4 Å². The molecular formula is C17H14FN3O3. The fraction of sp³-hybridized carbons (Fsp3) is 0.118. The Morgan fingerprint density at radius 1 is 1.21 bits per heavy atom. The first-order valence-electron chi connectivity index (χ1n) is 7.22. The first-order valence-corrected chi connectivity index (χ1v) is 7.22. The smallest absolute Gasteiger partial charge is 0.268 e. The van der Waals surface area contributed by atoms with Crippen LogP contribution in [0.5, 0.6) is 0 Å². The zero-order valence-electron chi connectivity index (χ0n) is 12.5. The summed E-state index contributed by atoms with van der Waals surface area (Å²) in [5.74, 6) is -1.30. The summed E-state index contributed by atoms with van der Waals surface area (Å²) < 4.78 is 13.2. The number of rotatable bonds is 4. The lowest BCUT2D eigenvalue weighted by Gasteiger charge is -2.09. The minimum absolute atomic E-state index is 0.245. The zero-order valence-corrected chi connectivity index (χ0v) is 12.5. The highest BCUT2D eigenvalue weighted by Crippen LogP contribution is 2.19. The lowest BCUT2D eigenvalue weighted by Crippen LogP contribution is -2.28. The fourth-order valence-electron chi connectivity index (χ4n) is 2.30. The van der Waals surface area contributed by atoms with Gasteiger partial charge in [0.1, 0.15) is 5.82 Å². The molecule has 2 aromatic rings. The van der Waals surface area contributed by atoms with E-state index in [0.717, 1.165) is 0 Å². The van der Waals surface area contributed by atoms with Crippen LogP contribution in [0.3, 0.4) is 0 Å². The van der Waals surface area contributed by atoms with Crippen molar-refractivity contribution in [1.29, 1.82) is 0 Å². The molecule has 0 aromatic heterocycles. The highest BCUT2D eigenvalue weighted by molar-refractivity contribution is 6.06. The maximum Gasteiger partial charge on any atom is 0.268 e. The van der Waals surface area contributed by atoms with Gasteiger partial charge in [-0.25, -0.2) is 4.39 Å². The number of oxime groups is 1. The first-order chi connectivity index (χ1) is 11.5. The van der Waals surface area contributed by atoms with Crippen LogP contribution in [0.1, 0.15) is 22.3 Å². The van der Waals surface area contributed by atoms with E-state index in [-0.39, 0.29) is 18.1 Å².